The summed E-state index contributed by atoms with van der Waals surface area (Å²) in [5.41, 5.74) is 7.92. The molecule has 170 valence electrons. The number of benzene rings is 2. The smallest absolute Gasteiger partial charge is 0.407 e. The van der Waals surface area contributed by atoms with Gasteiger partial charge in [0.05, 0.1) is 23.7 Å². The third-order valence-electron chi connectivity index (χ3n) is 6.54. The van der Waals surface area contributed by atoms with Crippen molar-refractivity contribution in [2.24, 2.45) is 11.1 Å². The number of aromatic nitrogens is 2. The predicted octanol–water partition coefficient (Wildman–Crippen LogP) is 3.59. The molecule has 2 fully saturated rings. The highest BCUT2D eigenvalue weighted by Gasteiger charge is 2.54. The lowest BCUT2D eigenvalue weighted by molar-refractivity contribution is -0.0844. The van der Waals surface area contributed by atoms with Crippen molar-refractivity contribution in [2.75, 3.05) is 0 Å². The van der Waals surface area contributed by atoms with Crippen LogP contribution in [0.5, 0.6) is 5.75 Å². The standard InChI is InChI=1S/C25H26N4O4/c26-23(30)21-7-6-19(29-9-8-27-16-29)10-22(21)33-20-13-25(14-20)11-18(12-25)28-24(31)32-15-17-4-2-1-3-5-17/h1-10,16,18,20H,11-15H2,(H2,26,30)(H,28,31). The quantitative estimate of drug-likeness (QED) is 0.577. The Morgan fingerprint density at radius 2 is 1.91 bits per heavy atom. The van der Waals surface area contributed by atoms with Crippen molar-refractivity contribution in [1.82, 2.24) is 14.9 Å². The van der Waals surface area contributed by atoms with E-state index < -0.39 is 5.91 Å². The summed E-state index contributed by atoms with van der Waals surface area (Å²) in [7, 11) is 0. The maximum atomic E-state index is 12.1. The van der Waals surface area contributed by atoms with Crippen molar-refractivity contribution in [2.45, 2.75) is 44.4 Å². The number of nitrogens with one attached hydrogen (secondary N) is 1. The van der Waals surface area contributed by atoms with Gasteiger partial charge in [-0.1, -0.05) is 30.3 Å². The van der Waals surface area contributed by atoms with Crippen LogP contribution >= 0.6 is 0 Å². The van der Waals surface area contributed by atoms with Gasteiger partial charge in [-0.05, 0) is 48.8 Å². The Morgan fingerprint density at radius 1 is 1.12 bits per heavy atom. The average Bonchev–Trinajstić information content (AvgIpc) is 3.30. The van der Waals surface area contributed by atoms with Crippen LogP contribution < -0.4 is 15.8 Å². The van der Waals surface area contributed by atoms with E-state index >= 15 is 0 Å². The number of hydrogen-bond donors (Lipinski definition) is 2. The van der Waals surface area contributed by atoms with Crippen LogP contribution in [0.4, 0.5) is 4.79 Å². The van der Waals surface area contributed by atoms with Gasteiger partial charge in [-0.25, -0.2) is 9.78 Å². The lowest BCUT2D eigenvalue weighted by Crippen LogP contribution is -2.58. The Kier molecular flexibility index (Phi) is 5.50. The molecule has 3 aromatic rings. The number of nitrogens with zero attached hydrogens (tertiary/aromatic N) is 2. The van der Waals surface area contributed by atoms with Crippen molar-refractivity contribution in [1.29, 1.82) is 0 Å². The molecule has 0 atom stereocenters. The molecule has 1 spiro atoms. The van der Waals surface area contributed by atoms with Crippen LogP contribution in [0.25, 0.3) is 5.69 Å². The summed E-state index contributed by atoms with van der Waals surface area (Å²) in [5, 5.41) is 2.95. The maximum absolute atomic E-state index is 12.1. The minimum absolute atomic E-state index is 0.0205. The molecule has 1 aromatic heterocycles. The lowest BCUT2D eigenvalue weighted by atomic mass is 9.53. The van der Waals surface area contributed by atoms with Gasteiger partial charge in [0.2, 0.25) is 0 Å². The molecule has 8 nitrogen and oxygen atoms in total. The highest BCUT2D eigenvalue weighted by molar-refractivity contribution is 5.96. The highest BCUT2D eigenvalue weighted by Crippen LogP contribution is 2.57. The van der Waals surface area contributed by atoms with Crippen molar-refractivity contribution in [3.63, 3.8) is 0 Å². The topological polar surface area (TPSA) is 108 Å². The van der Waals surface area contributed by atoms with Gasteiger partial charge in [0, 0.05) is 24.5 Å². The zero-order chi connectivity index (χ0) is 22.8. The Morgan fingerprint density at radius 3 is 2.61 bits per heavy atom. The van der Waals surface area contributed by atoms with E-state index in [4.69, 9.17) is 15.2 Å². The van der Waals surface area contributed by atoms with Gasteiger partial charge in [-0.3, -0.25) is 4.79 Å². The fraction of sp³-hybridized carbons (Fsp3) is 0.320. The van der Waals surface area contributed by atoms with E-state index in [9.17, 15) is 9.59 Å². The van der Waals surface area contributed by atoms with Gasteiger partial charge in [0.25, 0.3) is 5.91 Å². The van der Waals surface area contributed by atoms with Gasteiger partial charge >= 0.3 is 6.09 Å². The first-order valence-electron chi connectivity index (χ1n) is 11.1. The van der Waals surface area contributed by atoms with E-state index in [1.807, 2.05) is 53.2 Å². The second kappa shape index (κ2) is 8.61. The Bertz CT molecular complexity index is 1130. The predicted molar refractivity (Wildman–Crippen MR) is 121 cm³/mol. The molecule has 2 aliphatic carbocycles. The van der Waals surface area contributed by atoms with E-state index in [1.165, 1.54) is 0 Å². The molecule has 0 bridgehead atoms. The fourth-order valence-electron chi connectivity index (χ4n) is 4.91. The van der Waals surface area contributed by atoms with Crippen LogP contribution in [-0.4, -0.2) is 33.7 Å². The van der Waals surface area contributed by atoms with E-state index in [2.05, 4.69) is 10.3 Å². The molecule has 5 rings (SSSR count). The molecular formula is C25H26N4O4. The van der Waals surface area contributed by atoms with Crippen LogP contribution in [0.15, 0.2) is 67.3 Å². The third kappa shape index (κ3) is 4.55. The molecule has 3 N–H and O–H groups in total. The number of hydrogen-bond acceptors (Lipinski definition) is 5. The molecule has 2 aliphatic rings. The lowest BCUT2D eigenvalue weighted by Gasteiger charge is -2.57. The highest BCUT2D eigenvalue weighted by atomic mass is 16.5. The molecule has 0 saturated heterocycles. The molecule has 0 radical (unpaired) electrons. The molecule has 1 heterocycles. The second-order valence-electron chi connectivity index (χ2n) is 8.97. The number of ether oxygens (including phenoxy) is 2. The molecule has 2 aromatic carbocycles. The van der Waals surface area contributed by atoms with E-state index in [-0.39, 0.29) is 30.3 Å². The van der Waals surface area contributed by atoms with Crippen molar-refractivity contribution < 1.29 is 19.1 Å². The minimum atomic E-state index is -0.516. The summed E-state index contributed by atoms with van der Waals surface area (Å²) in [6, 6.07) is 15.1. The maximum Gasteiger partial charge on any atom is 0.407 e. The van der Waals surface area contributed by atoms with E-state index in [0.717, 1.165) is 36.9 Å². The number of nitrogens with two attached hydrogens (primary N) is 1. The van der Waals surface area contributed by atoms with Crippen LogP contribution in [0, 0.1) is 5.41 Å². The second-order valence-corrected chi connectivity index (χ2v) is 8.97. The zero-order valence-corrected chi connectivity index (χ0v) is 18.1. The molecular weight excluding hydrogens is 420 g/mol. The zero-order valence-electron chi connectivity index (χ0n) is 18.1. The number of carbonyl (C=O) groups excluding carboxylic acids is 2. The van der Waals surface area contributed by atoms with Crippen LogP contribution in [-0.2, 0) is 11.3 Å². The molecule has 2 saturated carbocycles. The molecule has 8 heteroatoms. The number of alkyl carbamates (subject to hydrolysis) is 1. The van der Waals surface area contributed by atoms with Crippen LogP contribution in [0.2, 0.25) is 0 Å². The molecule has 2 amide bonds. The molecule has 0 unspecified atom stereocenters. The number of rotatable bonds is 7. The van der Waals surface area contributed by atoms with Gasteiger partial charge in [-0.2, -0.15) is 0 Å². The summed E-state index contributed by atoms with van der Waals surface area (Å²) in [5.74, 6) is -0.0230. The fourth-order valence-corrected chi connectivity index (χ4v) is 4.91. The summed E-state index contributed by atoms with van der Waals surface area (Å²) in [6.07, 6.45) is 8.43. The van der Waals surface area contributed by atoms with Gasteiger partial charge in [0.15, 0.2) is 0 Å². The van der Waals surface area contributed by atoms with Gasteiger partial charge in [0.1, 0.15) is 12.4 Å². The molecule has 33 heavy (non-hydrogen) atoms. The third-order valence-corrected chi connectivity index (χ3v) is 6.54. The number of amides is 2. The van der Waals surface area contributed by atoms with Gasteiger partial charge in [-0.15, -0.1) is 0 Å². The number of primary amides is 1. The monoisotopic (exact) mass is 446 g/mol. The normalized spacial score (nSPS) is 23.3. The number of carbonyl (C=O) groups is 2. The summed E-state index contributed by atoms with van der Waals surface area (Å²) < 4.78 is 13.3. The van der Waals surface area contributed by atoms with Crippen LogP contribution in [0.1, 0.15) is 41.6 Å². The number of imidazole rings is 1. The summed E-state index contributed by atoms with van der Waals surface area (Å²) in [6.45, 7) is 0.265. The SMILES string of the molecule is NC(=O)c1ccc(-n2ccnc2)cc1OC1CC2(CC(NC(=O)OCc3ccccc3)C2)C1. The van der Waals surface area contributed by atoms with Crippen molar-refractivity contribution in [3.05, 3.63) is 78.4 Å². The molecule has 0 aliphatic heterocycles. The Hall–Kier alpha value is -3.81. The first-order chi connectivity index (χ1) is 16.0. The van der Waals surface area contributed by atoms with Gasteiger partial charge < -0.3 is 25.1 Å². The largest absolute Gasteiger partial charge is 0.489 e. The summed E-state index contributed by atoms with van der Waals surface area (Å²) in [4.78, 5) is 28.0. The summed E-state index contributed by atoms with van der Waals surface area (Å²) >= 11 is 0. The van der Waals surface area contributed by atoms with Crippen molar-refractivity contribution >= 4 is 12.0 Å². The van der Waals surface area contributed by atoms with E-state index in [0.29, 0.717) is 11.3 Å². The van der Waals surface area contributed by atoms with Crippen molar-refractivity contribution in [3.8, 4) is 11.4 Å². The first-order valence-corrected chi connectivity index (χ1v) is 11.1. The van der Waals surface area contributed by atoms with Crippen LogP contribution in [0.3, 0.4) is 0 Å². The Labute approximate surface area is 191 Å². The van der Waals surface area contributed by atoms with E-state index in [1.54, 1.807) is 18.6 Å². The minimum Gasteiger partial charge on any atom is -0.489 e. The average molecular weight is 447 g/mol. The Balaban J connectivity index is 1.11. The first kappa shape index (κ1) is 21.1.